The zero-order valence-electron chi connectivity index (χ0n) is 27.8. The van der Waals surface area contributed by atoms with Crippen molar-refractivity contribution < 1.29 is 4.74 Å². The lowest BCUT2D eigenvalue weighted by molar-refractivity contribution is 0.269. The molecule has 1 aliphatic heterocycles. The first-order chi connectivity index (χ1) is 23.9. The van der Waals surface area contributed by atoms with Crippen LogP contribution < -0.4 is 4.74 Å². The number of hydrogen-bond donors (Lipinski definition) is 0. The molecule has 1 heterocycles. The number of hydrogen-bond acceptors (Lipinski definition) is 1. The van der Waals surface area contributed by atoms with Crippen LogP contribution in [0.25, 0.3) is 81.3 Å². The quantitative estimate of drug-likeness (QED) is 0.174. The van der Waals surface area contributed by atoms with Crippen molar-refractivity contribution in [2.24, 2.45) is 0 Å². The van der Waals surface area contributed by atoms with Gasteiger partial charge in [-0.2, -0.15) is 0 Å². The molecule has 232 valence electrons. The van der Waals surface area contributed by atoms with Crippen LogP contribution in [0.1, 0.15) is 43.4 Å². The third kappa shape index (κ3) is 3.82. The van der Waals surface area contributed by atoms with Crippen molar-refractivity contribution in [2.75, 3.05) is 0 Å². The van der Waals surface area contributed by atoms with E-state index in [1.165, 1.54) is 98.0 Å². The molecule has 2 unspecified atom stereocenters. The molecule has 1 aliphatic carbocycles. The van der Waals surface area contributed by atoms with Crippen LogP contribution in [0.5, 0.6) is 5.75 Å². The largest absolute Gasteiger partial charge is 0.485 e. The fraction of sp³-hybridized carbons (Fsp3) is 0.125. The Labute approximate surface area is 285 Å². The van der Waals surface area contributed by atoms with Crippen molar-refractivity contribution in [3.05, 3.63) is 156 Å². The monoisotopic (exact) mass is 626 g/mol. The van der Waals surface area contributed by atoms with E-state index in [1.807, 2.05) is 0 Å². The van der Waals surface area contributed by atoms with Gasteiger partial charge in [0, 0.05) is 11.5 Å². The Balaban J connectivity index is 1.06. The summed E-state index contributed by atoms with van der Waals surface area (Å²) < 4.78 is 6.57. The van der Waals surface area contributed by atoms with Crippen molar-refractivity contribution in [1.29, 1.82) is 0 Å². The van der Waals surface area contributed by atoms with Gasteiger partial charge in [0.05, 0.1) is 0 Å². The first-order valence-electron chi connectivity index (χ1n) is 17.5. The molecule has 0 saturated carbocycles. The van der Waals surface area contributed by atoms with Gasteiger partial charge >= 0.3 is 0 Å². The Bertz CT molecular complexity index is 2880. The lowest BCUT2D eigenvalue weighted by atomic mass is 9.81. The standard InChI is InChI=1S/C48H34O/c1-48(2,3)35-22-33-13-12-29-14-18-36(38-19-15-34(23-35)45(33)47(29)38)30-16-20-42-40(24-30)41-25-31(17-21-43(41)49-42)39-26-32-8-4-6-27-10-11-28-7-5-9-37(39)46(28)44(27)32/h4-26,40,42H,1-3H3. The topological polar surface area (TPSA) is 9.23 Å². The Morgan fingerprint density at radius 2 is 1.14 bits per heavy atom. The molecule has 9 aromatic carbocycles. The second kappa shape index (κ2) is 9.49. The van der Waals surface area contributed by atoms with E-state index in [0.29, 0.717) is 0 Å². The maximum Gasteiger partial charge on any atom is 0.128 e. The van der Waals surface area contributed by atoms with Crippen LogP contribution in [-0.2, 0) is 5.41 Å². The zero-order chi connectivity index (χ0) is 32.6. The summed E-state index contributed by atoms with van der Waals surface area (Å²) in [6, 6.07) is 45.8. The summed E-state index contributed by atoms with van der Waals surface area (Å²) in [5.74, 6) is 1.14. The van der Waals surface area contributed by atoms with Crippen molar-refractivity contribution in [1.82, 2.24) is 0 Å². The molecule has 0 fully saturated rings. The highest BCUT2D eigenvalue weighted by Crippen LogP contribution is 2.48. The fourth-order valence-electron chi connectivity index (χ4n) is 8.96. The molecule has 9 aromatic rings. The summed E-state index contributed by atoms with van der Waals surface area (Å²) in [5, 5.41) is 15.9. The van der Waals surface area contributed by atoms with Gasteiger partial charge in [0.1, 0.15) is 11.9 Å². The van der Waals surface area contributed by atoms with E-state index in [2.05, 4.69) is 160 Å². The highest BCUT2D eigenvalue weighted by Gasteiger charge is 2.34. The summed E-state index contributed by atoms with van der Waals surface area (Å²) in [7, 11) is 0. The van der Waals surface area contributed by atoms with Crippen LogP contribution in [0, 0.1) is 0 Å². The summed E-state index contributed by atoms with van der Waals surface area (Å²) in [5.41, 5.74) is 7.81. The smallest absolute Gasteiger partial charge is 0.128 e. The summed E-state index contributed by atoms with van der Waals surface area (Å²) in [6.07, 6.45) is 7.00. The minimum absolute atomic E-state index is 0.00264. The summed E-state index contributed by atoms with van der Waals surface area (Å²) >= 11 is 0. The van der Waals surface area contributed by atoms with E-state index in [9.17, 15) is 0 Å². The Kier molecular flexibility index (Phi) is 5.29. The molecule has 2 aliphatic rings. The highest BCUT2D eigenvalue weighted by atomic mass is 16.5. The number of benzene rings is 9. The molecule has 0 radical (unpaired) electrons. The van der Waals surface area contributed by atoms with Crippen LogP contribution in [0.15, 0.2) is 140 Å². The summed E-state index contributed by atoms with van der Waals surface area (Å²) in [6.45, 7) is 6.90. The normalized spacial score (nSPS) is 17.5. The van der Waals surface area contributed by atoms with Crippen LogP contribution in [0.2, 0.25) is 0 Å². The number of ether oxygens (including phenoxy) is 1. The molecule has 0 N–H and O–H groups in total. The lowest BCUT2D eigenvalue weighted by Gasteiger charge is -2.23. The van der Waals surface area contributed by atoms with Crippen LogP contribution in [0.4, 0.5) is 0 Å². The van der Waals surface area contributed by atoms with Crippen molar-refractivity contribution in [2.45, 2.75) is 38.2 Å². The van der Waals surface area contributed by atoms with E-state index in [4.69, 9.17) is 4.74 Å². The molecule has 2 atom stereocenters. The van der Waals surface area contributed by atoms with Gasteiger partial charge in [-0.05, 0) is 122 Å². The zero-order valence-corrected chi connectivity index (χ0v) is 27.8. The maximum absolute atomic E-state index is 6.57. The predicted octanol–water partition coefficient (Wildman–Crippen LogP) is 12.9. The molecule has 0 spiro atoms. The summed E-state index contributed by atoms with van der Waals surface area (Å²) in [4.78, 5) is 0. The number of fused-ring (bicyclic) bond motifs is 3. The van der Waals surface area contributed by atoms with Crippen LogP contribution in [-0.4, -0.2) is 6.10 Å². The number of rotatable bonds is 2. The molecular weight excluding hydrogens is 593 g/mol. The van der Waals surface area contributed by atoms with Crippen molar-refractivity contribution >= 4 is 70.2 Å². The average Bonchev–Trinajstić information content (AvgIpc) is 3.49. The SMILES string of the molecule is CC(C)(C)c1cc2ccc3ccc(C4=CC5c6cc(-c7cc8cccc9ccc%10cccc7c%10c98)ccc6OC5C=C4)c4ccc(c1)c2c34. The van der Waals surface area contributed by atoms with Gasteiger partial charge in [0.15, 0.2) is 0 Å². The first-order valence-corrected chi connectivity index (χ1v) is 17.5. The molecule has 0 bridgehead atoms. The molecule has 0 saturated heterocycles. The van der Waals surface area contributed by atoms with E-state index < -0.39 is 0 Å². The minimum Gasteiger partial charge on any atom is -0.485 e. The Hall–Kier alpha value is -5.66. The average molecular weight is 627 g/mol. The minimum atomic E-state index is 0.00264. The molecule has 49 heavy (non-hydrogen) atoms. The van der Waals surface area contributed by atoms with Gasteiger partial charge < -0.3 is 4.74 Å². The van der Waals surface area contributed by atoms with Gasteiger partial charge in [0.25, 0.3) is 0 Å². The van der Waals surface area contributed by atoms with Gasteiger partial charge in [-0.15, -0.1) is 0 Å². The Morgan fingerprint density at radius 3 is 1.94 bits per heavy atom. The molecule has 0 amide bonds. The van der Waals surface area contributed by atoms with Crippen LogP contribution >= 0.6 is 0 Å². The van der Waals surface area contributed by atoms with Crippen molar-refractivity contribution in [3.8, 4) is 16.9 Å². The molecular formula is C48H34O. The fourth-order valence-corrected chi connectivity index (χ4v) is 8.96. The van der Waals surface area contributed by atoms with Crippen LogP contribution in [0.3, 0.4) is 0 Å². The van der Waals surface area contributed by atoms with E-state index in [1.54, 1.807) is 0 Å². The molecule has 1 nitrogen and oxygen atoms in total. The maximum atomic E-state index is 6.57. The third-order valence-corrected chi connectivity index (χ3v) is 11.4. The van der Waals surface area contributed by atoms with Gasteiger partial charge in [0.2, 0.25) is 0 Å². The Morgan fingerprint density at radius 1 is 0.531 bits per heavy atom. The first kappa shape index (κ1) is 27.3. The van der Waals surface area contributed by atoms with E-state index in [0.717, 1.165) is 5.75 Å². The third-order valence-electron chi connectivity index (χ3n) is 11.4. The van der Waals surface area contributed by atoms with Gasteiger partial charge in [-0.3, -0.25) is 0 Å². The second-order valence-corrected chi connectivity index (χ2v) is 15.3. The lowest BCUT2D eigenvalue weighted by Crippen LogP contribution is -2.17. The molecule has 11 rings (SSSR count). The van der Waals surface area contributed by atoms with Crippen molar-refractivity contribution in [3.63, 3.8) is 0 Å². The van der Waals surface area contributed by atoms with Gasteiger partial charge in [-0.1, -0.05) is 136 Å². The van der Waals surface area contributed by atoms with Gasteiger partial charge in [-0.25, -0.2) is 0 Å². The van der Waals surface area contributed by atoms with E-state index in [-0.39, 0.29) is 17.4 Å². The molecule has 1 heteroatoms. The predicted molar refractivity (Wildman–Crippen MR) is 209 cm³/mol. The van der Waals surface area contributed by atoms with E-state index >= 15 is 0 Å². The molecule has 0 aromatic heterocycles. The second-order valence-electron chi connectivity index (χ2n) is 15.3. The highest BCUT2D eigenvalue weighted by molar-refractivity contribution is 6.27. The number of allylic oxidation sites excluding steroid dienone is 2.